The number of carbonyl (C=O) groups excluding carboxylic acids is 1. The summed E-state index contributed by atoms with van der Waals surface area (Å²) in [5.41, 5.74) is 2.16. The van der Waals surface area contributed by atoms with Gasteiger partial charge in [-0.1, -0.05) is 0 Å². The first-order chi connectivity index (χ1) is 11.5. The summed E-state index contributed by atoms with van der Waals surface area (Å²) in [4.78, 5) is 26.4. The largest absolute Gasteiger partial charge is 0.480 e. The number of aliphatic carboxylic acids is 1. The summed E-state index contributed by atoms with van der Waals surface area (Å²) < 4.78 is 13.2. The minimum Gasteiger partial charge on any atom is -0.480 e. The van der Waals surface area contributed by atoms with Crippen LogP contribution < -0.4 is 5.32 Å². The van der Waals surface area contributed by atoms with Gasteiger partial charge in [-0.15, -0.1) is 0 Å². The van der Waals surface area contributed by atoms with E-state index in [0.29, 0.717) is 11.1 Å². The molecule has 1 aromatic carbocycles. The van der Waals surface area contributed by atoms with Crippen molar-refractivity contribution in [3.8, 4) is 0 Å². The van der Waals surface area contributed by atoms with Crippen molar-refractivity contribution in [2.45, 2.75) is 18.9 Å². The topological polar surface area (TPSA) is 82.2 Å². The maximum absolute atomic E-state index is 13.2. The van der Waals surface area contributed by atoms with E-state index in [1.54, 1.807) is 12.3 Å². The summed E-state index contributed by atoms with van der Waals surface area (Å²) >= 11 is 1.48. The fraction of sp³-hybridized carbons (Fsp3) is 0.176. The SMILES string of the molecule is O=C(Cc1ccsc1)NC(Cc1c[nH]c2cc(F)ccc12)C(=O)O. The molecule has 3 N–H and O–H groups in total. The van der Waals surface area contributed by atoms with E-state index in [4.69, 9.17) is 0 Å². The lowest BCUT2D eigenvalue weighted by molar-refractivity contribution is -0.141. The molecule has 0 aliphatic heterocycles. The lowest BCUT2D eigenvalue weighted by atomic mass is 10.0. The van der Waals surface area contributed by atoms with Gasteiger partial charge in [0.1, 0.15) is 11.9 Å². The number of benzene rings is 1. The van der Waals surface area contributed by atoms with Gasteiger partial charge in [0.15, 0.2) is 0 Å². The predicted molar refractivity (Wildman–Crippen MR) is 89.6 cm³/mol. The number of thiophene rings is 1. The van der Waals surface area contributed by atoms with Gasteiger partial charge in [-0.3, -0.25) is 4.79 Å². The molecule has 0 aliphatic rings. The highest BCUT2D eigenvalue weighted by Gasteiger charge is 2.22. The third kappa shape index (κ3) is 3.62. The third-order valence-corrected chi connectivity index (χ3v) is 4.46. The van der Waals surface area contributed by atoms with E-state index in [1.807, 2.05) is 16.8 Å². The van der Waals surface area contributed by atoms with Crippen LogP contribution in [0.1, 0.15) is 11.1 Å². The zero-order chi connectivity index (χ0) is 17.1. The zero-order valence-electron chi connectivity index (χ0n) is 12.6. The molecule has 24 heavy (non-hydrogen) atoms. The van der Waals surface area contributed by atoms with E-state index < -0.39 is 12.0 Å². The van der Waals surface area contributed by atoms with Crippen LogP contribution in [0.5, 0.6) is 0 Å². The van der Waals surface area contributed by atoms with E-state index >= 15 is 0 Å². The summed E-state index contributed by atoms with van der Waals surface area (Å²) in [6.07, 6.45) is 1.91. The van der Waals surface area contributed by atoms with Gasteiger partial charge in [0.05, 0.1) is 6.42 Å². The number of carbonyl (C=O) groups is 2. The number of hydrogen-bond acceptors (Lipinski definition) is 3. The van der Waals surface area contributed by atoms with Crippen molar-refractivity contribution in [2.75, 3.05) is 0 Å². The van der Waals surface area contributed by atoms with E-state index in [-0.39, 0.29) is 24.6 Å². The molecule has 0 fully saturated rings. The van der Waals surface area contributed by atoms with Gasteiger partial charge in [-0.05, 0) is 46.2 Å². The molecule has 2 aromatic heterocycles. The highest BCUT2D eigenvalue weighted by molar-refractivity contribution is 7.08. The van der Waals surface area contributed by atoms with Crippen LogP contribution in [0.3, 0.4) is 0 Å². The fourth-order valence-electron chi connectivity index (χ4n) is 2.57. The molecule has 1 unspecified atom stereocenters. The smallest absolute Gasteiger partial charge is 0.326 e. The number of nitrogens with one attached hydrogen (secondary N) is 2. The minimum atomic E-state index is -1.11. The van der Waals surface area contributed by atoms with Crippen LogP contribution in [0.25, 0.3) is 10.9 Å². The van der Waals surface area contributed by atoms with Crippen LogP contribution in [0, 0.1) is 5.82 Å². The van der Waals surface area contributed by atoms with Crippen LogP contribution in [0.15, 0.2) is 41.2 Å². The molecule has 0 radical (unpaired) electrons. The van der Waals surface area contributed by atoms with Crippen LogP contribution in [-0.2, 0) is 22.4 Å². The van der Waals surface area contributed by atoms with Gasteiger partial charge in [0.25, 0.3) is 0 Å². The van der Waals surface area contributed by atoms with E-state index in [1.165, 1.54) is 23.5 Å². The first-order valence-corrected chi connectivity index (χ1v) is 8.26. The fourth-order valence-corrected chi connectivity index (χ4v) is 3.24. The van der Waals surface area contributed by atoms with Gasteiger partial charge in [0.2, 0.25) is 5.91 Å². The van der Waals surface area contributed by atoms with Gasteiger partial charge in [-0.25, -0.2) is 9.18 Å². The molecule has 7 heteroatoms. The van der Waals surface area contributed by atoms with Gasteiger partial charge >= 0.3 is 5.97 Å². The van der Waals surface area contributed by atoms with Crippen molar-refractivity contribution in [1.29, 1.82) is 0 Å². The molecule has 0 saturated heterocycles. The standard InChI is InChI=1S/C17H15FN2O3S/c18-12-1-2-13-11(8-19-14(13)7-12)6-15(17(22)23)20-16(21)5-10-3-4-24-9-10/h1-4,7-9,15,19H,5-6H2,(H,20,21)(H,22,23). The second kappa shape index (κ2) is 6.84. The summed E-state index contributed by atoms with van der Waals surface area (Å²) in [7, 11) is 0. The van der Waals surface area contributed by atoms with E-state index in [0.717, 1.165) is 10.9 Å². The molecule has 5 nitrogen and oxygen atoms in total. The van der Waals surface area contributed by atoms with Crippen molar-refractivity contribution in [2.24, 2.45) is 0 Å². The van der Waals surface area contributed by atoms with Crippen molar-refractivity contribution in [3.63, 3.8) is 0 Å². The summed E-state index contributed by atoms with van der Waals surface area (Å²) in [5.74, 6) is -1.81. The number of halogens is 1. The minimum absolute atomic E-state index is 0.121. The molecule has 1 amide bonds. The Morgan fingerprint density at radius 1 is 1.33 bits per heavy atom. The van der Waals surface area contributed by atoms with Crippen LogP contribution in [0.2, 0.25) is 0 Å². The Kier molecular flexibility index (Phi) is 4.61. The second-order valence-corrected chi connectivity index (χ2v) is 6.25. The Morgan fingerprint density at radius 2 is 2.17 bits per heavy atom. The average Bonchev–Trinajstić information content (AvgIpc) is 3.16. The highest BCUT2D eigenvalue weighted by Crippen LogP contribution is 2.20. The molecule has 3 aromatic rings. The Hall–Kier alpha value is -2.67. The Morgan fingerprint density at radius 3 is 2.88 bits per heavy atom. The molecule has 1 atom stereocenters. The average molecular weight is 346 g/mol. The number of carboxylic acid groups (broad SMARTS) is 1. The van der Waals surface area contributed by atoms with Crippen molar-refractivity contribution >= 4 is 34.1 Å². The van der Waals surface area contributed by atoms with Crippen LogP contribution in [0.4, 0.5) is 4.39 Å². The number of aromatic nitrogens is 1. The first kappa shape index (κ1) is 16.2. The van der Waals surface area contributed by atoms with Crippen molar-refractivity contribution < 1.29 is 19.1 Å². The number of rotatable bonds is 6. The van der Waals surface area contributed by atoms with Gasteiger partial charge < -0.3 is 15.4 Å². The molecule has 124 valence electrons. The third-order valence-electron chi connectivity index (χ3n) is 3.73. The molecule has 2 heterocycles. The maximum Gasteiger partial charge on any atom is 0.326 e. The van der Waals surface area contributed by atoms with Crippen LogP contribution in [-0.4, -0.2) is 28.0 Å². The number of amides is 1. The first-order valence-electron chi connectivity index (χ1n) is 7.31. The zero-order valence-corrected chi connectivity index (χ0v) is 13.4. The van der Waals surface area contributed by atoms with E-state index in [2.05, 4.69) is 10.3 Å². The number of aromatic amines is 1. The number of hydrogen-bond donors (Lipinski definition) is 3. The maximum atomic E-state index is 13.2. The molecule has 0 spiro atoms. The molecule has 3 rings (SSSR count). The number of carboxylic acids is 1. The molecular weight excluding hydrogens is 331 g/mol. The normalized spacial score (nSPS) is 12.2. The second-order valence-electron chi connectivity index (χ2n) is 5.47. The van der Waals surface area contributed by atoms with Crippen molar-refractivity contribution in [1.82, 2.24) is 10.3 Å². The Labute approximate surface area is 141 Å². The molecule has 0 saturated carbocycles. The Balaban J connectivity index is 1.73. The molecular formula is C17H15FN2O3S. The van der Waals surface area contributed by atoms with Gasteiger partial charge in [0, 0.05) is 23.5 Å². The lowest BCUT2D eigenvalue weighted by Gasteiger charge is -2.14. The highest BCUT2D eigenvalue weighted by atomic mass is 32.1. The monoisotopic (exact) mass is 346 g/mol. The van der Waals surface area contributed by atoms with Crippen LogP contribution >= 0.6 is 11.3 Å². The Bertz CT molecular complexity index is 873. The molecule has 0 bridgehead atoms. The quantitative estimate of drug-likeness (QED) is 0.642. The number of H-pyrrole nitrogens is 1. The summed E-state index contributed by atoms with van der Waals surface area (Å²) in [6, 6.07) is 5.06. The van der Waals surface area contributed by atoms with E-state index in [9.17, 15) is 19.1 Å². The summed E-state index contributed by atoms with van der Waals surface area (Å²) in [5, 5.41) is 16.4. The lowest BCUT2D eigenvalue weighted by Crippen LogP contribution is -2.42. The number of fused-ring (bicyclic) bond motifs is 1. The predicted octanol–water partition coefficient (Wildman–Crippen LogP) is 2.72. The van der Waals surface area contributed by atoms with Gasteiger partial charge in [-0.2, -0.15) is 11.3 Å². The van der Waals surface area contributed by atoms with Crippen molar-refractivity contribution in [3.05, 3.63) is 58.2 Å². The summed E-state index contributed by atoms with van der Waals surface area (Å²) in [6.45, 7) is 0. The molecule has 0 aliphatic carbocycles.